The number of nitrogens with zero attached hydrogens (tertiary/aromatic N) is 2. The van der Waals surface area contributed by atoms with Gasteiger partial charge in [0.05, 0.1) is 5.69 Å². The zero-order valence-corrected chi connectivity index (χ0v) is 15.6. The lowest BCUT2D eigenvalue weighted by atomic mass is 9.97. The topological polar surface area (TPSA) is 62.7 Å². The van der Waals surface area contributed by atoms with Gasteiger partial charge in [0.15, 0.2) is 0 Å². The van der Waals surface area contributed by atoms with Gasteiger partial charge in [-0.3, -0.25) is 0 Å². The summed E-state index contributed by atoms with van der Waals surface area (Å²) in [5.74, 6) is 0.838. The van der Waals surface area contributed by atoms with Crippen LogP contribution >= 0.6 is 11.6 Å². The van der Waals surface area contributed by atoms with E-state index >= 15 is 0 Å². The van der Waals surface area contributed by atoms with Gasteiger partial charge < -0.3 is 5.73 Å². The number of halogens is 1. The van der Waals surface area contributed by atoms with Crippen molar-refractivity contribution in [1.82, 2.24) is 4.98 Å². The van der Waals surface area contributed by atoms with Gasteiger partial charge in [0.1, 0.15) is 17.5 Å². The summed E-state index contributed by atoms with van der Waals surface area (Å²) in [6.07, 6.45) is 1.04. The van der Waals surface area contributed by atoms with E-state index in [1.165, 1.54) is 5.56 Å². The Morgan fingerprint density at radius 3 is 2.42 bits per heavy atom. The number of hydrogen-bond donors (Lipinski definition) is 1. The highest BCUT2D eigenvalue weighted by molar-refractivity contribution is 6.30. The van der Waals surface area contributed by atoms with E-state index in [4.69, 9.17) is 17.3 Å². The van der Waals surface area contributed by atoms with Crippen LogP contribution < -0.4 is 5.73 Å². The SMILES string of the molecule is CC(C)Cc1ccc(-c2cc(-c3cccc(Cl)c3)c(C#N)c(N)n2)cc1. The Labute approximate surface area is 159 Å². The number of nitrogen functional groups attached to an aromatic ring is 1. The molecule has 0 aliphatic rings. The maximum atomic E-state index is 9.51. The molecule has 3 rings (SSSR count). The van der Waals surface area contributed by atoms with Crippen molar-refractivity contribution in [1.29, 1.82) is 5.26 Å². The van der Waals surface area contributed by atoms with Crippen LogP contribution in [0.2, 0.25) is 5.02 Å². The van der Waals surface area contributed by atoms with E-state index < -0.39 is 0 Å². The van der Waals surface area contributed by atoms with E-state index in [-0.39, 0.29) is 5.82 Å². The second-order valence-electron chi connectivity index (χ2n) is 6.73. The van der Waals surface area contributed by atoms with E-state index in [0.717, 1.165) is 28.8 Å². The lowest BCUT2D eigenvalue weighted by Crippen LogP contribution is -2.00. The Morgan fingerprint density at radius 1 is 1.08 bits per heavy atom. The zero-order valence-electron chi connectivity index (χ0n) is 14.8. The van der Waals surface area contributed by atoms with Crippen molar-refractivity contribution in [2.45, 2.75) is 20.3 Å². The molecule has 0 bridgehead atoms. The maximum absolute atomic E-state index is 9.51. The third kappa shape index (κ3) is 3.87. The van der Waals surface area contributed by atoms with Gasteiger partial charge in [0, 0.05) is 16.1 Å². The highest BCUT2D eigenvalue weighted by Crippen LogP contribution is 2.32. The van der Waals surface area contributed by atoms with Crippen molar-refractivity contribution in [2.24, 2.45) is 5.92 Å². The van der Waals surface area contributed by atoms with E-state index in [2.05, 4.69) is 37.0 Å². The van der Waals surface area contributed by atoms with Crippen molar-refractivity contribution in [3.8, 4) is 28.5 Å². The van der Waals surface area contributed by atoms with Gasteiger partial charge in [0.2, 0.25) is 0 Å². The molecule has 0 unspecified atom stereocenters. The minimum atomic E-state index is 0.228. The summed E-state index contributed by atoms with van der Waals surface area (Å²) >= 11 is 6.12. The number of aromatic nitrogens is 1. The molecule has 0 spiro atoms. The number of hydrogen-bond acceptors (Lipinski definition) is 3. The monoisotopic (exact) mass is 361 g/mol. The molecule has 130 valence electrons. The first-order valence-corrected chi connectivity index (χ1v) is 8.91. The van der Waals surface area contributed by atoms with Crippen LogP contribution in [0.1, 0.15) is 25.0 Å². The van der Waals surface area contributed by atoms with Crippen molar-refractivity contribution in [2.75, 3.05) is 5.73 Å². The predicted octanol–water partition coefficient (Wildman–Crippen LogP) is 5.72. The highest BCUT2D eigenvalue weighted by atomic mass is 35.5. The van der Waals surface area contributed by atoms with Crippen LogP contribution in [-0.2, 0) is 6.42 Å². The van der Waals surface area contributed by atoms with Gasteiger partial charge in [-0.1, -0.05) is 61.8 Å². The van der Waals surface area contributed by atoms with Gasteiger partial charge in [-0.15, -0.1) is 0 Å². The first-order chi connectivity index (χ1) is 12.5. The predicted molar refractivity (Wildman–Crippen MR) is 108 cm³/mol. The molecule has 26 heavy (non-hydrogen) atoms. The quantitative estimate of drug-likeness (QED) is 0.646. The minimum absolute atomic E-state index is 0.228. The van der Waals surface area contributed by atoms with Gasteiger partial charge in [0.25, 0.3) is 0 Å². The number of nitriles is 1. The Morgan fingerprint density at radius 2 is 1.81 bits per heavy atom. The van der Waals surface area contributed by atoms with Crippen LogP contribution in [0.5, 0.6) is 0 Å². The fourth-order valence-corrected chi connectivity index (χ4v) is 3.19. The fraction of sp³-hybridized carbons (Fsp3) is 0.182. The largest absolute Gasteiger partial charge is 0.383 e. The number of pyridine rings is 1. The Kier molecular flexibility index (Phi) is 5.25. The zero-order chi connectivity index (χ0) is 18.7. The van der Waals surface area contributed by atoms with Crippen LogP contribution in [0.3, 0.4) is 0 Å². The molecule has 0 saturated heterocycles. The fourth-order valence-electron chi connectivity index (χ4n) is 3.00. The summed E-state index contributed by atoms with van der Waals surface area (Å²) in [5, 5.41) is 10.1. The summed E-state index contributed by atoms with van der Waals surface area (Å²) in [7, 11) is 0. The molecule has 3 nitrogen and oxygen atoms in total. The van der Waals surface area contributed by atoms with Crippen LogP contribution in [0.25, 0.3) is 22.4 Å². The maximum Gasteiger partial charge on any atom is 0.142 e. The average molecular weight is 362 g/mol. The van der Waals surface area contributed by atoms with Crippen molar-refractivity contribution in [3.05, 3.63) is 70.7 Å². The number of nitrogens with two attached hydrogens (primary N) is 1. The summed E-state index contributed by atoms with van der Waals surface area (Å²) in [6, 6.07) is 19.8. The van der Waals surface area contributed by atoms with E-state index in [1.54, 1.807) is 6.07 Å². The third-order valence-corrected chi connectivity index (χ3v) is 4.42. The first-order valence-electron chi connectivity index (χ1n) is 8.54. The normalized spacial score (nSPS) is 10.7. The average Bonchev–Trinajstić information content (AvgIpc) is 2.61. The summed E-state index contributed by atoms with van der Waals surface area (Å²) in [5.41, 5.74) is 11.0. The van der Waals surface area contributed by atoms with E-state index in [1.807, 2.05) is 36.4 Å². The molecular weight excluding hydrogens is 342 g/mol. The number of rotatable bonds is 4. The minimum Gasteiger partial charge on any atom is -0.383 e. The number of benzene rings is 2. The molecular formula is C22H20ClN3. The first kappa shape index (κ1) is 18.0. The van der Waals surface area contributed by atoms with Crippen molar-refractivity contribution >= 4 is 17.4 Å². The molecule has 0 aliphatic heterocycles. The second-order valence-corrected chi connectivity index (χ2v) is 7.17. The molecule has 2 aromatic carbocycles. The Bertz CT molecular complexity index is 970. The molecule has 0 aliphatic carbocycles. The Balaban J connectivity index is 2.08. The summed E-state index contributed by atoms with van der Waals surface area (Å²) in [4.78, 5) is 4.44. The summed E-state index contributed by atoms with van der Waals surface area (Å²) in [6.45, 7) is 4.40. The Hall–Kier alpha value is -2.83. The second kappa shape index (κ2) is 7.59. The van der Waals surface area contributed by atoms with Gasteiger partial charge in [-0.25, -0.2) is 4.98 Å². The molecule has 4 heteroatoms. The molecule has 0 saturated carbocycles. The summed E-state index contributed by atoms with van der Waals surface area (Å²) < 4.78 is 0. The molecule has 0 atom stereocenters. The molecule has 0 radical (unpaired) electrons. The van der Waals surface area contributed by atoms with Crippen molar-refractivity contribution < 1.29 is 0 Å². The molecule has 3 aromatic rings. The van der Waals surface area contributed by atoms with Crippen LogP contribution in [0, 0.1) is 17.2 Å². The van der Waals surface area contributed by atoms with Crippen LogP contribution in [-0.4, -0.2) is 4.98 Å². The van der Waals surface area contributed by atoms with E-state index in [0.29, 0.717) is 16.5 Å². The van der Waals surface area contributed by atoms with Gasteiger partial charge >= 0.3 is 0 Å². The van der Waals surface area contributed by atoms with Gasteiger partial charge in [-0.05, 0) is 41.7 Å². The molecule has 1 heterocycles. The molecule has 1 aromatic heterocycles. The molecule has 2 N–H and O–H groups in total. The highest BCUT2D eigenvalue weighted by Gasteiger charge is 2.14. The van der Waals surface area contributed by atoms with Crippen LogP contribution in [0.15, 0.2) is 54.6 Å². The third-order valence-electron chi connectivity index (χ3n) is 4.19. The molecule has 0 fully saturated rings. The van der Waals surface area contributed by atoms with Gasteiger partial charge in [-0.2, -0.15) is 5.26 Å². The van der Waals surface area contributed by atoms with Crippen LogP contribution in [0.4, 0.5) is 5.82 Å². The van der Waals surface area contributed by atoms with Crippen molar-refractivity contribution in [3.63, 3.8) is 0 Å². The van der Waals surface area contributed by atoms with E-state index in [9.17, 15) is 5.26 Å². The standard InChI is InChI=1S/C22H20ClN3/c1-14(2)10-15-6-8-16(9-7-15)21-12-19(20(13-24)22(25)26-21)17-4-3-5-18(23)11-17/h3-9,11-12,14H,10H2,1-2H3,(H2,25,26). The lowest BCUT2D eigenvalue weighted by molar-refractivity contribution is 0.647. The molecule has 0 amide bonds. The lowest BCUT2D eigenvalue weighted by Gasteiger charge is -2.11. The number of anilines is 1. The smallest absolute Gasteiger partial charge is 0.142 e.